The minimum absolute atomic E-state index is 0.104. The molecular weight excluding hydrogens is 156 g/mol. The topological polar surface area (TPSA) is 76.9 Å². The number of H-pyrrole nitrogens is 1. The average molecular weight is 164 g/mol. The van der Waals surface area contributed by atoms with Gasteiger partial charge >= 0.3 is 0 Å². The van der Waals surface area contributed by atoms with Crippen molar-refractivity contribution in [2.45, 2.75) is 13.5 Å². The zero-order valence-electron chi connectivity index (χ0n) is 6.59. The molecular formula is C8H8N2O2. The molecule has 1 aromatic rings. The third-order valence-corrected chi connectivity index (χ3v) is 1.57. The second kappa shape index (κ2) is 3.20. The average Bonchev–Trinajstić information content (AvgIpc) is 2.03. The standard InChI is InChI=1S/C8H8N2O2/c1-5-2-6(4-11)10-8(12)7(5)3-9/h2,11H,4H2,1H3,(H,10,12). The lowest BCUT2D eigenvalue weighted by molar-refractivity contribution is 0.276. The molecule has 4 nitrogen and oxygen atoms in total. The highest BCUT2D eigenvalue weighted by Gasteiger charge is 2.03. The van der Waals surface area contributed by atoms with Gasteiger partial charge in [-0.05, 0) is 18.6 Å². The Morgan fingerprint density at radius 1 is 1.75 bits per heavy atom. The van der Waals surface area contributed by atoms with Crippen molar-refractivity contribution >= 4 is 0 Å². The monoisotopic (exact) mass is 164 g/mol. The number of nitrogens with zero attached hydrogens (tertiary/aromatic N) is 1. The van der Waals surface area contributed by atoms with Gasteiger partial charge in [0.25, 0.3) is 5.56 Å². The lowest BCUT2D eigenvalue weighted by Crippen LogP contribution is -2.14. The Hall–Kier alpha value is -1.60. The quantitative estimate of drug-likeness (QED) is 0.615. The smallest absolute Gasteiger partial charge is 0.266 e. The van der Waals surface area contributed by atoms with Crippen LogP contribution in [-0.4, -0.2) is 10.1 Å². The molecule has 0 aliphatic heterocycles. The molecule has 62 valence electrons. The van der Waals surface area contributed by atoms with Gasteiger partial charge in [0.1, 0.15) is 11.6 Å². The van der Waals surface area contributed by atoms with E-state index in [0.717, 1.165) is 0 Å². The Kier molecular flexibility index (Phi) is 2.26. The summed E-state index contributed by atoms with van der Waals surface area (Å²) in [5.74, 6) is 0. The number of nitrogens with one attached hydrogen (secondary N) is 1. The van der Waals surface area contributed by atoms with Crippen LogP contribution in [0.5, 0.6) is 0 Å². The summed E-state index contributed by atoms with van der Waals surface area (Å²) in [6.45, 7) is 1.44. The fourth-order valence-corrected chi connectivity index (χ4v) is 0.981. The molecule has 0 saturated carbocycles. The van der Waals surface area contributed by atoms with Crippen molar-refractivity contribution in [2.24, 2.45) is 0 Å². The van der Waals surface area contributed by atoms with Gasteiger partial charge in [0.15, 0.2) is 0 Å². The summed E-state index contributed by atoms with van der Waals surface area (Å²) in [6, 6.07) is 3.37. The molecule has 1 rings (SSSR count). The summed E-state index contributed by atoms with van der Waals surface area (Å²) >= 11 is 0. The molecule has 0 radical (unpaired) electrons. The summed E-state index contributed by atoms with van der Waals surface area (Å²) in [6.07, 6.45) is 0. The van der Waals surface area contributed by atoms with Crippen LogP contribution in [0.4, 0.5) is 0 Å². The molecule has 4 heteroatoms. The van der Waals surface area contributed by atoms with Gasteiger partial charge in [-0.3, -0.25) is 4.79 Å². The van der Waals surface area contributed by atoms with Gasteiger partial charge < -0.3 is 10.1 Å². The number of aromatic nitrogens is 1. The number of pyridine rings is 1. The minimum atomic E-state index is -0.443. The predicted molar refractivity (Wildman–Crippen MR) is 42.4 cm³/mol. The molecule has 0 aliphatic carbocycles. The zero-order chi connectivity index (χ0) is 9.14. The Morgan fingerprint density at radius 3 is 2.83 bits per heavy atom. The van der Waals surface area contributed by atoms with Crippen LogP contribution in [0, 0.1) is 18.3 Å². The van der Waals surface area contributed by atoms with E-state index in [1.54, 1.807) is 19.1 Å². The van der Waals surface area contributed by atoms with Crippen molar-refractivity contribution in [3.63, 3.8) is 0 Å². The molecule has 0 saturated heterocycles. The van der Waals surface area contributed by atoms with Gasteiger partial charge in [0.2, 0.25) is 0 Å². The van der Waals surface area contributed by atoms with Crippen LogP contribution in [0.2, 0.25) is 0 Å². The number of nitriles is 1. The second-order valence-corrected chi connectivity index (χ2v) is 2.45. The van der Waals surface area contributed by atoms with Gasteiger partial charge in [0, 0.05) is 5.69 Å². The SMILES string of the molecule is Cc1cc(CO)[nH]c(=O)c1C#N. The van der Waals surface area contributed by atoms with Crippen molar-refractivity contribution < 1.29 is 5.11 Å². The molecule has 1 aromatic heterocycles. The third kappa shape index (κ3) is 1.36. The van der Waals surface area contributed by atoms with Crippen LogP contribution in [0.25, 0.3) is 0 Å². The highest BCUT2D eigenvalue weighted by Crippen LogP contribution is 2.01. The normalized spacial score (nSPS) is 9.42. The number of aliphatic hydroxyl groups excluding tert-OH is 1. The molecule has 2 N–H and O–H groups in total. The van der Waals surface area contributed by atoms with Gasteiger partial charge in [-0.15, -0.1) is 0 Å². The number of hydrogen-bond acceptors (Lipinski definition) is 3. The molecule has 0 amide bonds. The number of rotatable bonds is 1. The highest BCUT2D eigenvalue weighted by molar-refractivity contribution is 5.35. The van der Waals surface area contributed by atoms with Crippen LogP contribution in [-0.2, 0) is 6.61 Å². The molecule has 0 unspecified atom stereocenters. The first-order chi connectivity index (χ1) is 5.69. The highest BCUT2D eigenvalue weighted by atomic mass is 16.3. The summed E-state index contributed by atoms with van der Waals surface area (Å²) in [5, 5.41) is 17.2. The maximum Gasteiger partial charge on any atom is 0.266 e. The summed E-state index contributed by atoms with van der Waals surface area (Å²) in [4.78, 5) is 13.5. The van der Waals surface area contributed by atoms with Crippen LogP contribution in [0.15, 0.2) is 10.9 Å². The predicted octanol–water partition coefficient (Wildman–Crippen LogP) is 0.0473. The maximum absolute atomic E-state index is 11.1. The number of aliphatic hydroxyl groups is 1. The molecule has 0 fully saturated rings. The van der Waals surface area contributed by atoms with Crippen LogP contribution < -0.4 is 5.56 Å². The molecule has 1 heterocycles. The Balaban J connectivity index is 3.41. The zero-order valence-corrected chi connectivity index (χ0v) is 6.59. The molecule has 0 aliphatic rings. The van der Waals surface area contributed by atoms with Gasteiger partial charge in [-0.25, -0.2) is 0 Å². The van der Waals surface area contributed by atoms with Crippen molar-refractivity contribution in [3.05, 3.63) is 33.2 Å². The van der Waals surface area contributed by atoms with E-state index < -0.39 is 5.56 Å². The third-order valence-electron chi connectivity index (χ3n) is 1.57. The van der Waals surface area contributed by atoms with E-state index in [1.165, 1.54) is 0 Å². The number of aromatic amines is 1. The first-order valence-electron chi connectivity index (χ1n) is 3.42. The summed E-state index contributed by atoms with van der Waals surface area (Å²) < 4.78 is 0. The molecule has 0 aromatic carbocycles. The molecule has 0 atom stereocenters. The lowest BCUT2D eigenvalue weighted by atomic mass is 10.1. The van der Waals surface area contributed by atoms with Crippen molar-refractivity contribution in [3.8, 4) is 6.07 Å². The van der Waals surface area contributed by atoms with E-state index in [2.05, 4.69) is 4.98 Å². The maximum atomic E-state index is 11.1. The first-order valence-corrected chi connectivity index (χ1v) is 3.42. The van der Waals surface area contributed by atoms with E-state index in [-0.39, 0.29) is 12.2 Å². The largest absolute Gasteiger partial charge is 0.390 e. The van der Waals surface area contributed by atoms with E-state index in [4.69, 9.17) is 10.4 Å². The number of hydrogen-bond donors (Lipinski definition) is 2. The second-order valence-electron chi connectivity index (χ2n) is 2.45. The number of aryl methyl sites for hydroxylation is 1. The van der Waals surface area contributed by atoms with E-state index in [0.29, 0.717) is 11.3 Å². The van der Waals surface area contributed by atoms with Crippen molar-refractivity contribution in [2.75, 3.05) is 0 Å². The Labute approximate surface area is 69.1 Å². The molecule has 12 heavy (non-hydrogen) atoms. The minimum Gasteiger partial charge on any atom is -0.390 e. The fraction of sp³-hybridized carbons (Fsp3) is 0.250. The summed E-state index contributed by atoms with van der Waals surface area (Å²) in [5.41, 5.74) is 0.676. The molecule has 0 spiro atoms. The van der Waals surface area contributed by atoms with Crippen LogP contribution >= 0.6 is 0 Å². The lowest BCUT2D eigenvalue weighted by Gasteiger charge is -1.99. The fourth-order valence-electron chi connectivity index (χ4n) is 0.981. The van der Waals surface area contributed by atoms with Gasteiger partial charge in [-0.1, -0.05) is 0 Å². The Bertz CT molecular complexity index is 387. The van der Waals surface area contributed by atoms with Crippen LogP contribution in [0.1, 0.15) is 16.8 Å². The van der Waals surface area contributed by atoms with Gasteiger partial charge in [-0.2, -0.15) is 5.26 Å². The van der Waals surface area contributed by atoms with Crippen LogP contribution in [0.3, 0.4) is 0 Å². The van der Waals surface area contributed by atoms with E-state index in [1.807, 2.05) is 0 Å². The van der Waals surface area contributed by atoms with Gasteiger partial charge in [0.05, 0.1) is 6.61 Å². The summed E-state index contributed by atoms with van der Waals surface area (Å²) in [7, 11) is 0. The Morgan fingerprint density at radius 2 is 2.42 bits per heavy atom. The van der Waals surface area contributed by atoms with Crippen molar-refractivity contribution in [1.82, 2.24) is 4.98 Å². The van der Waals surface area contributed by atoms with E-state index in [9.17, 15) is 4.79 Å². The first kappa shape index (κ1) is 8.50. The van der Waals surface area contributed by atoms with E-state index >= 15 is 0 Å². The molecule has 0 bridgehead atoms. The van der Waals surface area contributed by atoms with Crippen molar-refractivity contribution in [1.29, 1.82) is 5.26 Å².